The molecule has 2 aromatic rings. The number of aromatic carboxylic acids is 1. The van der Waals surface area contributed by atoms with Gasteiger partial charge in [-0.05, 0) is 24.3 Å². The molecular weight excluding hydrogens is 463 g/mol. The van der Waals surface area contributed by atoms with E-state index in [1.807, 2.05) is 0 Å². The number of anilines is 1. The van der Waals surface area contributed by atoms with Crippen LogP contribution in [0.15, 0.2) is 39.7 Å². The molecule has 0 bridgehead atoms. The van der Waals surface area contributed by atoms with Gasteiger partial charge in [0, 0.05) is 10.5 Å². The van der Waals surface area contributed by atoms with Gasteiger partial charge in [-0.15, -0.1) is 13.2 Å². The molecule has 0 saturated carbocycles. The highest BCUT2D eigenvalue weighted by molar-refractivity contribution is 9.10. The van der Waals surface area contributed by atoms with Crippen LogP contribution in [0.2, 0.25) is 0 Å². The molecule has 2 rings (SSSR count). The Morgan fingerprint density at radius 3 is 2.33 bits per heavy atom. The number of hydrogen-bond acceptors (Lipinski definition) is 6. The highest BCUT2D eigenvalue weighted by Gasteiger charge is 2.33. The molecule has 0 spiro atoms. The summed E-state index contributed by atoms with van der Waals surface area (Å²) in [4.78, 5) is 10.4. The number of carboxylic acids is 1. The zero-order valence-electron chi connectivity index (χ0n) is 12.8. The number of halogens is 4. The molecule has 0 fully saturated rings. The van der Waals surface area contributed by atoms with Gasteiger partial charge >= 0.3 is 12.3 Å². The Morgan fingerprint density at radius 1 is 1.15 bits per heavy atom. The van der Waals surface area contributed by atoms with Gasteiger partial charge < -0.3 is 20.1 Å². The molecule has 0 atom stereocenters. The van der Waals surface area contributed by atoms with Gasteiger partial charge in [0.15, 0.2) is 5.75 Å². The summed E-state index contributed by atoms with van der Waals surface area (Å²) in [7, 11) is -4.61. The van der Waals surface area contributed by atoms with Crippen molar-refractivity contribution in [2.45, 2.75) is 11.3 Å². The zero-order chi connectivity index (χ0) is 20.6. The predicted molar refractivity (Wildman–Crippen MR) is 88.4 cm³/mol. The maximum absolute atomic E-state index is 12.4. The fourth-order valence-electron chi connectivity index (χ4n) is 1.94. The number of rotatable bonds is 5. The zero-order valence-corrected chi connectivity index (χ0v) is 15.2. The van der Waals surface area contributed by atoms with Crippen LogP contribution in [-0.2, 0) is 10.0 Å². The first kappa shape index (κ1) is 20.6. The standard InChI is InChI=1S/C14H9BrF3NO7S/c15-6-1-2-10(20)11(3-6)27(24,25)19-9-5-7(26-14(16,17)18)4-8(12(9)21)13(22)23/h1-5,19-21H,(H,22,23). The fourth-order valence-corrected chi connectivity index (χ4v) is 3.64. The van der Waals surface area contributed by atoms with Gasteiger partial charge in [-0.25, -0.2) is 13.2 Å². The van der Waals surface area contributed by atoms with Crippen LogP contribution >= 0.6 is 15.9 Å². The summed E-state index contributed by atoms with van der Waals surface area (Å²) >= 11 is 2.99. The number of carboxylic acid groups (broad SMARTS) is 1. The third kappa shape index (κ3) is 4.95. The van der Waals surface area contributed by atoms with Gasteiger partial charge in [0.05, 0.1) is 5.69 Å². The van der Waals surface area contributed by atoms with Crippen LogP contribution in [0.4, 0.5) is 18.9 Å². The number of ether oxygens (including phenoxy) is 1. The molecule has 0 heterocycles. The van der Waals surface area contributed by atoms with Gasteiger partial charge in [-0.2, -0.15) is 0 Å². The highest BCUT2D eigenvalue weighted by Crippen LogP contribution is 2.37. The fraction of sp³-hybridized carbons (Fsp3) is 0.0714. The minimum atomic E-state index is -5.19. The monoisotopic (exact) mass is 471 g/mol. The summed E-state index contributed by atoms with van der Waals surface area (Å²) in [5.74, 6) is -4.74. The Hall–Kier alpha value is -2.67. The molecule has 0 aliphatic heterocycles. The molecule has 0 aliphatic carbocycles. The van der Waals surface area contributed by atoms with E-state index < -0.39 is 55.7 Å². The quantitative estimate of drug-likeness (QED) is 0.491. The number of benzene rings is 2. The molecule has 0 aliphatic rings. The van der Waals surface area contributed by atoms with Crippen molar-refractivity contribution >= 4 is 37.6 Å². The van der Waals surface area contributed by atoms with E-state index in [1.54, 1.807) is 4.72 Å². The number of nitrogens with one attached hydrogen (secondary N) is 1. The first-order valence-electron chi connectivity index (χ1n) is 6.67. The molecule has 146 valence electrons. The lowest BCUT2D eigenvalue weighted by molar-refractivity contribution is -0.274. The lowest BCUT2D eigenvalue weighted by Crippen LogP contribution is -2.18. The largest absolute Gasteiger partial charge is 0.573 e. The van der Waals surface area contributed by atoms with Crippen molar-refractivity contribution in [2.75, 3.05) is 4.72 Å². The minimum Gasteiger partial charge on any atom is -0.507 e. The van der Waals surface area contributed by atoms with E-state index >= 15 is 0 Å². The second-order valence-electron chi connectivity index (χ2n) is 4.94. The smallest absolute Gasteiger partial charge is 0.507 e. The number of carbonyl (C=O) groups is 1. The van der Waals surface area contributed by atoms with E-state index in [1.165, 1.54) is 6.07 Å². The number of alkyl halides is 3. The van der Waals surface area contributed by atoms with Crippen LogP contribution in [0, 0.1) is 0 Å². The van der Waals surface area contributed by atoms with E-state index in [9.17, 15) is 36.6 Å². The van der Waals surface area contributed by atoms with E-state index in [4.69, 9.17) is 5.11 Å². The number of hydrogen-bond donors (Lipinski definition) is 4. The van der Waals surface area contributed by atoms with Crippen molar-refractivity contribution in [2.24, 2.45) is 0 Å². The lowest BCUT2D eigenvalue weighted by Gasteiger charge is -2.15. The van der Waals surface area contributed by atoms with Gasteiger partial charge in [0.25, 0.3) is 10.0 Å². The summed E-state index contributed by atoms with van der Waals surface area (Å²) in [5, 5.41) is 28.6. The van der Waals surface area contributed by atoms with Crippen molar-refractivity contribution in [1.82, 2.24) is 0 Å². The van der Waals surface area contributed by atoms with Gasteiger partial charge in [-0.3, -0.25) is 4.72 Å². The van der Waals surface area contributed by atoms with Crippen molar-refractivity contribution < 1.29 is 46.4 Å². The van der Waals surface area contributed by atoms with Gasteiger partial charge in [0.1, 0.15) is 22.0 Å². The Bertz CT molecular complexity index is 1010. The van der Waals surface area contributed by atoms with Crippen LogP contribution in [0.25, 0.3) is 0 Å². The second kappa shape index (κ2) is 7.15. The molecule has 0 radical (unpaired) electrons. The molecule has 4 N–H and O–H groups in total. The molecule has 13 heteroatoms. The van der Waals surface area contributed by atoms with Crippen LogP contribution in [0.3, 0.4) is 0 Å². The Morgan fingerprint density at radius 2 is 1.78 bits per heavy atom. The Labute approximate surface area is 158 Å². The number of sulfonamides is 1. The molecule has 0 aromatic heterocycles. The van der Waals surface area contributed by atoms with E-state index in [2.05, 4.69) is 20.7 Å². The molecule has 0 amide bonds. The van der Waals surface area contributed by atoms with Crippen LogP contribution in [0.5, 0.6) is 17.2 Å². The van der Waals surface area contributed by atoms with E-state index in [-0.39, 0.29) is 4.47 Å². The van der Waals surface area contributed by atoms with Crippen LogP contribution < -0.4 is 9.46 Å². The van der Waals surface area contributed by atoms with Crippen LogP contribution in [0.1, 0.15) is 10.4 Å². The van der Waals surface area contributed by atoms with E-state index in [0.29, 0.717) is 12.1 Å². The minimum absolute atomic E-state index is 0.255. The normalized spacial score (nSPS) is 11.9. The van der Waals surface area contributed by atoms with Crippen molar-refractivity contribution in [3.63, 3.8) is 0 Å². The maximum atomic E-state index is 12.4. The van der Waals surface area contributed by atoms with Gasteiger partial charge in [-0.1, -0.05) is 15.9 Å². The second-order valence-corrected chi connectivity index (χ2v) is 7.50. The average molecular weight is 472 g/mol. The summed E-state index contributed by atoms with van der Waals surface area (Å²) in [6.07, 6.45) is -5.19. The third-order valence-corrected chi connectivity index (χ3v) is 4.89. The number of phenolic OH excluding ortho intramolecular Hbond substituents is 1. The molecule has 2 aromatic carbocycles. The lowest BCUT2D eigenvalue weighted by atomic mass is 10.1. The Kier molecular flexibility index (Phi) is 5.47. The maximum Gasteiger partial charge on any atom is 0.573 e. The summed E-state index contributed by atoms with van der Waals surface area (Å²) in [6.45, 7) is 0. The summed E-state index contributed by atoms with van der Waals surface area (Å²) in [6, 6.07) is 4.17. The first-order chi connectivity index (χ1) is 12.3. The predicted octanol–water partition coefficient (Wildman–Crippen LogP) is 3.26. The molecule has 8 nitrogen and oxygen atoms in total. The van der Waals surface area contributed by atoms with Crippen molar-refractivity contribution in [3.05, 3.63) is 40.4 Å². The molecular formula is C14H9BrF3NO7S. The number of phenols is 2. The topological polar surface area (TPSA) is 133 Å². The molecule has 27 heavy (non-hydrogen) atoms. The number of aromatic hydroxyl groups is 2. The summed E-state index contributed by atoms with van der Waals surface area (Å²) in [5.41, 5.74) is -1.93. The molecule has 0 saturated heterocycles. The van der Waals surface area contributed by atoms with E-state index in [0.717, 1.165) is 12.1 Å². The SMILES string of the molecule is O=C(O)c1cc(OC(F)(F)F)cc(NS(=O)(=O)c2cc(Br)ccc2O)c1O. The van der Waals surface area contributed by atoms with Crippen molar-refractivity contribution in [1.29, 1.82) is 0 Å². The first-order valence-corrected chi connectivity index (χ1v) is 8.95. The molecule has 0 unspecified atom stereocenters. The highest BCUT2D eigenvalue weighted by atomic mass is 79.9. The summed E-state index contributed by atoms with van der Waals surface area (Å²) < 4.78 is 67.5. The third-order valence-electron chi connectivity index (χ3n) is 3.00. The Balaban J connectivity index is 2.57. The van der Waals surface area contributed by atoms with Crippen LogP contribution in [-0.4, -0.2) is 36.1 Å². The van der Waals surface area contributed by atoms with Crippen molar-refractivity contribution in [3.8, 4) is 17.2 Å². The average Bonchev–Trinajstić information content (AvgIpc) is 2.50. The van der Waals surface area contributed by atoms with Gasteiger partial charge in [0.2, 0.25) is 0 Å².